The SMILES string of the molecule is NCCc1ccc(NCCCOC2CCCCO2)cc1. The van der Waals surface area contributed by atoms with Gasteiger partial charge in [0.05, 0.1) is 6.61 Å². The van der Waals surface area contributed by atoms with Gasteiger partial charge in [-0.3, -0.25) is 0 Å². The average molecular weight is 278 g/mol. The predicted molar refractivity (Wildman–Crippen MR) is 81.9 cm³/mol. The number of rotatable bonds is 8. The lowest BCUT2D eigenvalue weighted by Crippen LogP contribution is -2.23. The molecule has 112 valence electrons. The van der Waals surface area contributed by atoms with Crippen LogP contribution in [0.5, 0.6) is 0 Å². The van der Waals surface area contributed by atoms with Gasteiger partial charge in [-0.2, -0.15) is 0 Å². The lowest BCUT2D eigenvalue weighted by molar-refractivity contribution is -0.162. The van der Waals surface area contributed by atoms with Crippen molar-refractivity contribution >= 4 is 5.69 Å². The lowest BCUT2D eigenvalue weighted by Gasteiger charge is -2.22. The molecular formula is C16H26N2O2. The van der Waals surface area contributed by atoms with Gasteiger partial charge in [0.25, 0.3) is 0 Å². The second-order valence-corrected chi connectivity index (χ2v) is 5.18. The molecule has 3 N–H and O–H groups in total. The lowest BCUT2D eigenvalue weighted by atomic mass is 10.1. The molecule has 4 heteroatoms. The zero-order valence-corrected chi connectivity index (χ0v) is 12.1. The van der Waals surface area contributed by atoms with Crippen LogP contribution in [0.4, 0.5) is 5.69 Å². The van der Waals surface area contributed by atoms with E-state index in [0.717, 1.165) is 44.7 Å². The molecule has 1 aromatic carbocycles. The van der Waals surface area contributed by atoms with Crippen LogP contribution in [-0.4, -0.2) is 32.6 Å². The molecule has 1 aliphatic heterocycles. The largest absolute Gasteiger partial charge is 0.385 e. The molecular weight excluding hydrogens is 252 g/mol. The molecule has 0 radical (unpaired) electrons. The molecule has 0 bridgehead atoms. The van der Waals surface area contributed by atoms with Crippen molar-refractivity contribution in [2.75, 3.05) is 31.6 Å². The fourth-order valence-electron chi connectivity index (χ4n) is 2.32. The Morgan fingerprint density at radius 3 is 2.80 bits per heavy atom. The first-order valence-electron chi connectivity index (χ1n) is 7.64. The summed E-state index contributed by atoms with van der Waals surface area (Å²) in [5, 5.41) is 3.40. The number of ether oxygens (including phenoxy) is 2. The van der Waals surface area contributed by atoms with E-state index in [9.17, 15) is 0 Å². The summed E-state index contributed by atoms with van der Waals surface area (Å²) in [6.07, 6.45) is 5.38. The standard InChI is InChI=1S/C16H26N2O2/c17-10-9-14-5-7-15(8-6-14)18-11-3-13-20-16-4-1-2-12-19-16/h5-8,16,18H,1-4,9-13,17H2. The van der Waals surface area contributed by atoms with Gasteiger partial charge in [-0.1, -0.05) is 12.1 Å². The Balaban J connectivity index is 1.56. The Bertz CT molecular complexity index is 361. The maximum atomic E-state index is 5.70. The number of hydrogen-bond donors (Lipinski definition) is 2. The van der Waals surface area contributed by atoms with Crippen molar-refractivity contribution in [3.63, 3.8) is 0 Å². The van der Waals surface area contributed by atoms with Gasteiger partial charge < -0.3 is 20.5 Å². The Hall–Kier alpha value is -1.10. The molecule has 1 fully saturated rings. The number of hydrogen-bond acceptors (Lipinski definition) is 4. The topological polar surface area (TPSA) is 56.5 Å². The van der Waals surface area contributed by atoms with Crippen molar-refractivity contribution in [3.8, 4) is 0 Å². The molecule has 0 aromatic heterocycles. The summed E-state index contributed by atoms with van der Waals surface area (Å²) in [5.41, 5.74) is 7.97. The fraction of sp³-hybridized carbons (Fsp3) is 0.625. The van der Waals surface area contributed by atoms with Crippen LogP contribution in [-0.2, 0) is 15.9 Å². The summed E-state index contributed by atoms with van der Waals surface area (Å²) < 4.78 is 11.2. The van der Waals surface area contributed by atoms with E-state index in [1.807, 2.05) is 0 Å². The Kier molecular flexibility index (Phi) is 6.84. The van der Waals surface area contributed by atoms with Crippen molar-refractivity contribution in [3.05, 3.63) is 29.8 Å². The van der Waals surface area contributed by atoms with Gasteiger partial charge in [0.2, 0.25) is 0 Å². The first kappa shape index (κ1) is 15.3. The Morgan fingerprint density at radius 1 is 1.25 bits per heavy atom. The molecule has 20 heavy (non-hydrogen) atoms. The highest BCUT2D eigenvalue weighted by Gasteiger charge is 2.13. The zero-order chi connectivity index (χ0) is 14.0. The molecule has 1 atom stereocenters. The monoisotopic (exact) mass is 278 g/mol. The molecule has 1 heterocycles. The summed E-state index contributed by atoms with van der Waals surface area (Å²) in [7, 11) is 0. The van der Waals surface area contributed by atoms with Crippen LogP contribution < -0.4 is 11.1 Å². The highest BCUT2D eigenvalue weighted by atomic mass is 16.7. The minimum Gasteiger partial charge on any atom is -0.385 e. The van der Waals surface area contributed by atoms with Crippen molar-refractivity contribution in [1.82, 2.24) is 0 Å². The van der Waals surface area contributed by atoms with Crippen LogP contribution in [0.2, 0.25) is 0 Å². The minimum absolute atomic E-state index is 0.0271. The summed E-state index contributed by atoms with van der Waals surface area (Å²) in [6, 6.07) is 8.47. The normalized spacial score (nSPS) is 18.9. The molecule has 0 aliphatic carbocycles. The molecule has 0 amide bonds. The van der Waals surface area contributed by atoms with E-state index in [1.54, 1.807) is 0 Å². The number of anilines is 1. The summed E-state index contributed by atoms with van der Waals surface area (Å²) in [4.78, 5) is 0. The third-order valence-electron chi connectivity index (χ3n) is 3.48. The van der Waals surface area contributed by atoms with Crippen LogP contribution in [0.15, 0.2) is 24.3 Å². The van der Waals surface area contributed by atoms with E-state index in [2.05, 4.69) is 29.6 Å². The summed E-state index contributed by atoms with van der Waals surface area (Å²) in [5.74, 6) is 0. The first-order chi connectivity index (χ1) is 9.88. The second kappa shape index (κ2) is 8.95. The van der Waals surface area contributed by atoms with E-state index >= 15 is 0 Å². The molecule has 1 aromatic rings. The summed E-state index contributed by atoms with van der Waals surface area (Å²) in [6.45, 7) is 3.22. The molecule has 0 saturated carbocycles. The van der Waals surface area contributed by atoms with E-state index in [1.165, 1.54) is 18.4 Å². The van der Waals surface area contributed by atoms with Gasteiger partial charge in [-0.05, 0) is 56.3 Å². The summed E-state index contributed by atoms with van der Waals surface area (Å²) >= 11 is 0. The Morgan fingerprint density at radius 2 is 2.10 bits per heavy atom. The van der Waals surface area contributed by atoms with Crippen molar-refractivity contribution in [1.29, 1.82) is 0 Å². The first-order valence-corrected chi connectivity index (χ1v) is 7.64. The van der Waals surface area contributed by atoms with Gasteiger partial charge in [-0.25, -0.2) is 0 Å². The predicted octanol–water partition coefficient (Wildman–Crippen LogP) is 2.53. The highest BCUT2D eigenvalue weighted by molar-refractivity contribution is 5.44. The van der Waals surface area contributed by atoms with Crippen LogP contribution in [0, 0.1) is 0 Å². The maximum Gasteiger partial charge on any atom is 0.157 e. The van der Waals surface area contributed by atoms with Crippen LogP contribution >= 0.6 is 0 Å². The molecule has 2 rings (SSSR count). The highest BCUT2D eigenvalue weighted by Crippen LogP contribution is 2.14. The fourth-order valence-corrected chi connectivity index (χ4v) is 2.32. The second-order valence-electron chi connectivity index (χ2n) is 5.18. The van der Waals surface area contributed by atoms with E-state index in [0.29, 0.717) is 6.54 Å². The van der Waals surface area contributed by atoms with Gasteiger partial charge in [0.1, 0.15) is 0 Å². The Labute approximate surface area is 121 Å². The average Bonchev–Trinajstić information content (AvgIpc) is 2.50. The molecule has 1 saturated heterocycles. The van der Waals surface area contributed by atoms with Crippen molar-refractivity contribution < 1.29 is 9.47 Å². The maximum absolute atomic E-state index is 5.70. The van der Waals surface area contributed by atoms with E-state index in [-0.39, 0.29) is 6.29 Å². The molecule has 1 unspecified atom stereocenters. The van der Waals surface area contributed by atoms with Crippen LogP contribution in [0.3, 0.4) is 0 Å². The number of nitrogens with one attached hydrogen (secondary N) is 1. The van der Waals surface area contributed by atoms with Crippen molar-refractivity contribution in [2.24, 2.45) is 5.73 Å². The van der Waals surface area contributed by atoms with Gasteiger partial charge in [-0.15, -0.1) is 0 Å². The van der Waals surface area contributed by atoms with Gasteiger partial charge in [0.15, 0.2) is 6.29 Å². The minimum atomic E-state index is 0.0271. The van der Waals surface area contributed by atoms with Crippen LogP contribution in [0.25, 0.3) is 0 Å². The van der Waals surface area contributed by atoms with Crippen LogP contribution in [0.1, 0.15) is 31.2 Å². The molecule has 1 aliphatic rings. The zero-order valence-electron chi connectivity index (χ0n) is 12.1. The van der Waals surface area contributed by atoms with E-state index in [4.69, 9.17) is 15.2 Å². The quantitative estimate of drug-likeness (QED) is 0.718. The number of benzene rings is 1. The third-order valence-corrected chi connectivity index (χ3v) is 3.48. The van der Waals surface area contributed by atoms with Gasteiger partial charge in [0, 0.05) is 18.8 Å². The van der Waals surface area contributed by atoms with E-state index < -0.39 is 0 Å². The molecule has 4 nitrogen and oxygen atoms in total. The third kappa shape index (κ3) is 5.49. The molecule has 0 spiro atoms. The smallest absolute Gasteiger partial charge is 0.157 e. The number of nitrogens with two attached hydrogens (primary N) is 1. The van der Waals surface area contributed by atoms with Gasteiger partial charge >= 0.3 is 0 Å². The van der Waals surface area contributed by atoms with Crippen molar-refractivity contribution in [2.45, 2.75) is 38.4 Å².